The van der Waals surface area contributed by atoms with Crippen LogP contribution in [-0.4, -0.2) is 41.4 Å². The number of hydrogen-bond acceptors (Lipinski definition) is 3. The van der Waals surface area contributed by atoms with E-state index in [2.05, 4.69) is 4.90 Å². The van der Waals surface area contributed by atoms with Crippen LogP contribution in [0.3, 0.4) is 0 Å². The van der Waals surface area contributed by atoms with E-state index >= 15 is 0 Å². The molecular weight excluding hydrogens is 218 g/mol. The van der Waals surface area contributed by atoms with Gasteiger partial charge in [-0.2, -0.15) is 0 Å². The Labute approximate surface area is 99.9 Å². The maximum absolute atomic E-state index is 11.9. The second-order valence-electron chi connectivity index (χ2n) is 4.29. The molecule has 1 aliphatic rings. The molecule has 0 spiro atoms. The first kappa shape index (κ1) is 11.8. The summed E-state index contributed by atoms with van der Waals surface area (Å²) in [5.74, 6) is -1.00. The van der Waals surface area contributed by atoms with Crippen molar-refractivity contribution in [3.8, 4) is 0 Å². The fraction of sp³-hybridized carbons (Fsp3) is 0.385. The fourth-order valence-corrected chi connectivity index (χ4v) is 2.06. The van der Waals surface area contributed by atoms with E-state index in [9.17, 15) is 9.59 Å². The van der Waals surface area contributed by atoms with Gasteiger partial charge in [0.15, 0.2) is 5.78 Å². The molecule has 2 rings (SSSR count). The predicted molar refractivity (Wildman–Crippen MR) is 63.4 cm³/mol. The van der Waals surface area contributed by atoms with E-state index in [0.29, 0.717) is 12.1 Å². The molecular formula is C13H15NO3. The summed E-state index contributed by atoms with van der Waals surface area (Å²) in [6.45, 7) is 2.32. The molecule has 0 atom stereocenters. The van der Waals surface area contributed by atoms with E-state index in [4.69, 9.17) is 5.11 Å². The van der Waals surface area contributed by atoms with E-state index in [0.717, 1.165) is 25.9 Å². The average molecular weight is 233 g/mol. The third-order valence-corrected chi connectivity index (χ3v) is 3.00. The highest BCUT2D eigenvalue weighted by Crippen LogP contribution is 2.11. The number of hydrogen-bond donors (Lipinski definition) is 1. The summed E-state index contributed by atoms with van der Waals surface area (Å²) in [6, 6.07) is 6.22. The van der Waals surface area contributed by atoms with Crippen LogP contribution in [0.15, 0.2) is 24.3 Å². The zero-order valence-corrected chi connectivity index (χ0v) is 9.56. The van der Waals surface area contributed by atoms with Gasteiger partial charge in [-0.3, -0.25) is 9.69 Å². The number of carboxylic acid groups (broad SMARTS) is 1. The summed E-state index contributed by atoms with van der Waals surface area (Å²) in [5, 5.41) is 8.85. The van der Waals surface area contributed by atoms with Crippen molar-refractivity contribution < 1.29 is 14.7 Å². The summed E-state index contributed by atoms with van der Waals surface area (Å²) in [5.41, 5.74) is 0.647. The molecule has 90 valence electrons. The van der Waals surface area contributed by atoms with Crippen LogP contribution in [0, 0.1) is 0 Å². The van der Waals surface area contributed by atoms with Gasteiger partial charge in [0.2, 0.25) is 0 Å². The predicted octanol–water partition coefficient (Wildman–Crippen LogP) is 1.66. The summed E-state index contributed by atoms with van der Waals surface area (Å²) >= 11 is 0. The zero-order chi connectivity index (χ0) is 12.3. The minimum atomic E-state index is -0.999. The van der Waals surface area contributed by atoms with Gasteiger partial charge in [-0.1, -0.05) is 12.1 Å². The topological polar surface area (TPSA) is 57.6 Å². The molecule has 1 heterocycles. The molecule has 1 aromatic carbocycles. The molecule has 0 saturated carbocycles. The van der Waals surface area contributed by atoms with Crippen molar-refractivity contribution in [1.82, 2.24) is 4.90 Å². The molecule has 1 fully saturated rings. The van der Waals surface area contributed by atoms with Gasteiger partial charge < -0.3 is 5.11 Å². The molecule has 0 amide bonds. The molecule has 1 N–H and O–H groups in total. The Morgan fingerprint density at radius 1 is 1.18 bits per heavy atom. The number of carbonyl (C=O) groups is 2. The van der Waals surface area contributed by atoms with Crippen LogP contribution >= 0.6 is 0 Å². The second-order valence-corrected chi connectivity index (χ2v) is 4.29. The standard InChI is InChI=1S/C13H15NO3/c15-12(9-14-6-1-2-7-14)10-4-3-5-11(8-10)13(16)17/h3-5,8H,1-2,6-7,9H2,(H,16,17). The van der Waals surface area contributed by atoms with Gasteiger partial charge in [0.05, 0.1) is 12.1 Å². The normalized spacial score (nSPS) is 16.0. The lowest BCUT2D eigenvalue weighted by atomic mass is 10.1. The number of aromatic carboxylic acids is 1. The largest absolute Gasteiger partial charge is 0.478 e. The van der Waals surface area contributed by atoms with Crippen LogP contribution in [0.5, 0.6) is 0 Å². The van der Waals surface area contributed by atoms with Crippen molar-refractivity contribution in [3.63, 3.8) is 0 Å². The number of carbonyl (C=O) groups excluding carboxylic acids is 1. The van der Waals surface area contributed by atoms with Crippen LogP contribution < -0.4 is 0 Å². The monoisotopic (exact) mass is 233 g/mol. The molecule has 4 nitrogen and oxygen atoms in total. The van der Waals surface area contributed by atoms with Crippen LogP contribution in [0.1, 0.15) is 33.6 Å². The van der Waals surface area contributed by atoms with Crippen molar-refractivity contribution in [2.75, 3.05) is 19.6 Å². The number of rotatable bonds is 4. The fourth-order valence-electron chi connectivity index (χ4n) is 2.06. The maximum Gasteiger partial charge on any atom is 0.335 e. The molecule has 0 unspecified atom stereocenters. The SMILES string of the molecule is O=C(O)c1cccc(C(=O)CN2CCCC2)c1. The highest BCUT2D eigenvalue weighted by molar-refractivity contribution is 6.00. The van der Waals surface area contributed by atoms with Gasteiger partial charge in [0.1, 0.15) is 0 Å². The van der Waals surface area contributed by atoms with E-state index in [1.807, 2.05) is 0 Å². The average Bonchev–Trinajstić information content (AvgIpc) is 2.82. The van der Waals surface area contributed by atoms with E-state index in [-0.39, 0.29) is 11.3 Å². The molecule has 1 aliphatic heterocycles. The lowest BCUT2D eigenvalue weighted by Crippen LogP contribution is -2.26. The maximum atomic E-state index is 11.9. The van der Waals surface area contributed by atoms with Crippen LogP contribution in [-0.2, 0) is 0 Å². The van der Waals surface area contributed by atoms with E-state index in [1.165, 1.54) is 12.1 Å². The van der Waals surface area contributed by atoms with Crippen molar-refractivity contribution in [1.29, 1.82) is 0 Å². The summed E-state index contributed by atoms with van der Waals surface area (Å²) in [6.07, 6.45) is 2.28. The molecule has 0 aromatic heterocycles. The summed E-state index contributed by atoms with van der Waals surface area (Å²) < 4.78 is 0. The molecule has 0 aliphatic carbocycles. The van der Waals surface area contributed by atoms with Crippen LogP contribution in [0.4, 0.5) is 0 Å². The van der Waals surface area contributed by atoms with Crippen LogP contribution in [0.2, 0.25) is 0 Å². The lowest BCUT2D eigenvalue weighted by Gasteiger charge is -2.13. The molecule has 17 heavy (non-hydrogen) atoms. The smallest absolute Gasteiger partial charge is 0.335 e. The lowest BCUT2D eigenvalue weighted by molar-refractivity contribution is 0.0697. The molecule has 0 radical (unpaired) electrons. The first-order chi connectivity index (χ1) is 8.16. The molecule has 4 heteroatoms. The number of Topliss-reactive ketones (excluding diaryl/α,β-unsaturated/α-hetero) is 1. The Hall–Kier alpha value is -1.68. The second kappa shape index (κ2) is 5.10. The van der Waals surface area contributed by atoms with Crippen LogP contribution in [0.25, 0.3) is 0 Å². The molecule has 1 saturated heterocycles. The quantitative estimate of drug-likeness (QED) is 0.803. The van der Waals surface area contributed by atoms with Gasteiger partial charge in [0, 0.05) is 5.56 Å². The van der Waals surface area contributed by atoms with E-state index < -0.39 is 5.97 Å². The molecule has 1 aromatic rings. The van der Waals surface area contributed by atoms with Crippen molar-refractivity contribution in [2.24, 2.45) is 0 Å². The van der Waals surface area contributed by atoms with Gasteiger partial charge in [-0.25, -0.2) is 4.79 Å². The van der Waals surface area contributed by atoms with Crippen molar-refractivity contribution >= 4 is 11.8 Å². The Morgan fingerprint density at radius 2 is 1.82 bits per heavy atom. The minimum Gasteiger partial charge on any atom is -0.478 e. The number of ketones is 1. The van der Waals surface area contributed by atoms with E-state index in [1.54, 1.807) is 12.1 Å². The van der Waals surface area contributed by atoms with Gasteiger partial charge in [-0.15, -0.1) is 0 Å². The minimum absolute atomic E-state index is 0.00463. The van der Waals surface area contributed by atoms with Gasteiger partial charge in [0.25, 0.3) is 0 Å². The van der Waals surface area contributed by atoms with Gasteiger partial charge >= 0.3 is 5.97 Å². The zero-order valence-electron chi connectivity index (χ0n) is 9.56. The van der Waals surface area contributed by atoms with Gasteiger partial charge in [-0.05, 0) is 38.1 Å². The summed E-state index contributed by atoms with van der Waals surface area (Å²) in [4.78, 5) is 24.8. The van der Waals surface area contributed by atoms with Crippen molar-refractivity contribution in [3.05, 3.63) is 35.4 Å². The Bertz CT molecular complexity index is 436. The first-order valence-electron chi connectivity index (χ1n) is 5.76. The third kappa shape index (κ3) is 2.91. The number of nitrogens with zero attached hydrogens (tertiary/aromatic N) is 1. The molecule has 0 bridgehead atoms. The van der Waals surface area contributed by atoms with Crippen molar-refractivity contribution in [2.45, 2.75) is 12.8 Å². The number of benzene rings is 1. The highest BCUT2D eigenvalue weighted by atomic mass is 16.4. The number of carboxylic acids is 1. The Balaban J connectivity index is 2.07. The summed E-state index contributed by atoms with van der Waals surface area (Å²) in [7, 11) is 0. The Morgan fingerprint density at radius 3 is 2.47 bits per heavy atom. The number of likely N-dealkylation sites (tertiary alicyclic amines) is 1. The Kier molecular flexibility index (Phi) is 3.54. The first-order valence-corrected chi connectivity index (χ1v) is 5.76. The third-order valence-electron chi connectivity index (χ3n) is 3.00. The highest BCUT2D eigenvalue weighted by Gasteiger charge is 2.16.